The first-order chi connectivity index (χ1) is 14.2. The number of rotatable bonds is 5. The van der Waals surface area contributed by atoms with Gasteiger partial charge in [-0.3, -0.25) is 4.79 Å². The van der Waals surface area contributed by atoms with Crippen LogP contribution in [0, 0.1) is 6.92 Å². The van der Waals surface area contributed by atoms with Crippen LogP contribution in [0.25, 0.3) is 11.1 Å². The van der Waals surface area contributed by atoms with Crippen molar-refractivity contribution in [2.75, 3.05) is 33.9 Å². The highest BCUT2D eigenvalue weighted by atomic mass is 16.5. The third-order valence-corrected chi connectivity index (χ3v) is 4.28. The Morgan fingerprint density at radius 3 is 2.14 bits per heavy atom. The number of benzene rings is 2. The zero-order valence-electron chi connectivity index (χ0n) is 19.4. The van der Waals surface area contributed by atoms with Gasteiger partial charge in [0.1, 0.15) is 0 Å². The highest BCUT2D eigenvalue weighted by Gasteiger charge is 2.31. The summed E-state index contributed by atoms with van der Waals surface area (Å²) in [6.07, 6.45) is 1.07. The van der Waals surface area contributed by atoms with Crippen molar-refractivity contribution in [2.45, 2.75) is 47.1 Å². The summed E-state index contributed by atoms with van der Waals surface area (Å²) in [6, 6.07) is 19.3. The van der Waals surface area contributed by atoms with E-state index >= 15 is 0 Å². The minimum atomic E-state index is 0.172. The minimum Gasteiger partial charge on any atom is -0.383 e. The van der Waals surface area contributed by atoms with E-state index in [4.69, 9.17) is 4.74 Å². The molecule has 1 aliphatic heterocycles. The van der Waals surface area contributed by atoms with Crippen LogP contribution in [0.5, 0.6) is 0 Å². The Labute approximate surface area is 178 Å². The number of methoxy groups -OCH3 is 1. The van der Waals surface area contributed by atoms with E-state index < -0.39 is 0 Å². The number of carbonyl (C=O) groups excluding carboxylic acids is 1. The van der Waals surface area contributed by atoms with E-state index in [2.05, 4.69) is 60.8 Å². The van der Waals surface area contributed by atoms with E-state index in [1.807, 2.05) is 38.7 Å². The molecule has 0 radical (unpaired) electrons. The van der Waals surface area contributed by atoms with Gasteiger partial charge in [-0.05, 0) is 31.5 Å². The summed E-state index contributed by atoms with van der Waals surface area (Å²) < 4.78 is 4.99. The second kappa shape index (κ2) is 16.8. The van der Waals surface area contributed by atoms with Crippen molar-refractivity contribution in [3.63, 3.8) is 0 Å². The molecule has 4 nitrogen and oxygen atoms in total. The van der Waals surface area contributed by atoms with Crippen molar-refractivity contribution in [3.05, 3.63) is 60.2 Å². The van der Waals surface area contributed by atoms with Gasteiger partial charge in [-0.1, -0.05) is 87.9 Å². The molecule has 1 unspecified atom stereocenters. The van der Waals surface area contributed by atoms with Crippen molar-refractivity contribution in [1.82, 2.24) is 10.2 Å². The molecule has 1 aliphatic rings. The molecule has 4 heteroatoms. The number of aryl methyl sites for hydroxylation is 1. The number of likely N-dealkylation sites (N-methyl/N-ethyl adjacent to an activating group) is 1. The van der Waals surface area contributed by atoms with Crippen LogP contribution in [-0.2, 0) is 9.53 Å². The van der Waals surface area contributed by atoms with Gasteiger partial charge in [0.25, 0.3) is 0 Å². The van der Waals surface area contributed by atoms with E-state index in [-0.39, 0.29) is 5.91 Å². The number of likely N-dealkylation sites (tertiary alicyclic amines) is 1. The maximum atomic E-state index is 11.3. The summed E-state index contributed by atoms with van der Waals surface area (Å²) in [5.41, 5.74) is 3.88. The lowest BCUT2D eigenvalue weighted by Gasteiger charge is -2.40. The molecule has 29 heavy (non-hydrogen) atoms. The molecule has 2 aromatic rings. The zero-order chi connectivity index (χ0) is 22.1. The molecule has 1 heterocycles. The second-order valence-corrected chi connectivity index (χ2v) is 6.25. The van der Waals surface area contributed by atoms with Crippen molar-refractivity contribution >= 4 is 5.91 Å². The highest BCUT2D eigenvalue weighted by molar-refractivity contribution is 5.79. The van der Waals surface area contributed by atoms with Crippen LogP contribution in [0.3, 0.4) is 0 Å². The highest BCUT2D eigenvalue weighted by Crippen LogP contribution is 2.19. The Kier molecular flexibility index (Phi) is 15.5. The molecule has 1 N–H and O–H groups in total. The number of hydrogen-bond donors (Lipinski definition) is 1. The van der Waals surface area contributed by atoms with E-state index in [0.717, 1.165) is 13.0 Å². The first-order valence-electron chi connectivity index (χ1n) is 10.7. The Balaban J connectivity index is 0.000000463. The van der Waals surface area contributed by atoms with Crippen molar-refractivity contribution in [1.29, 1.82) is 0 Å². The zero-order valence-corrected chi connectivity index (χ0v) is 19.4. The number of hydrogen-bond acceptors (Lipinski definition) is 3. The fourth-order valence-electron chi connectivity index (χ4n) is 2.84. The molecular formula is C25H40N2O2. The summed E-state index contributed by atoms with van der Waals surface area (Å²) in [6.45, 7) is 12.1. The largest absolute Gasteiger partial charge is 0.383 e. The Hall–Kier alpha value is -2.17. The van der Waals surface area contributed by atoms with E-state index in [1.165, 1.54) is 16.7 Å². The SMILES string of the molecule is CC.CC.CNCC(=O)N1CCC1COC.Cc1cccc(-c2ccccc2)c1. The summed E-state index contributed by atoms with van der Waals surface area (Å²) in [5, 5.41) is 2.85. The quantitative estimate of drug-likeness (QED) is 0.753. The molecule has 162 valence electrons. The van der Waals surface area contributed by atoms with Crippen LogP contribution in [0.1, 0.15) is 39.7 Å². The van der Waals surface area contributed by atoms with E-state index in [1.54, 1.807) is 14.2 Å². The van der Waals surface area contributed by atoms with Crippen LogP contribution in [-0.4, -0.2) is 50.7 Å². The molecule has 0 bridgehead atoms. The van der Waals surface area contributed by atoms with Crippen LogP contribution in [0.4, 0.5) is 0 Å². The number of carbonyl (C=O) groups is 1. The van der Waals surface area contributed by atoms with Gasteiger partial charge in [0, 0.05) is 13.7 Å². The van der Waals surface area contributed by atoms with Crippen LogP contribution < -0.4 is 5.32 Å². The summed E-state index contributed by atoms with van der Waals surface area (Å²) in [5.74, 6) is 0.172. The van der Waals surface area contributed by atoms with Gasteiger partial charge in [0.2, 0.25) is 5.91 Å². The standard InChI is InChI=1S/C13H12.C8H16N2O2.2C2H6/c1-11-6-5-9-13(10-11)12-7-3-2-4-8-12;1-9-5-8(11)10-4-3-7(10)6-12-2;2*1-2/h2-10H,1H3;7,9H,3-6H2,1-2H3;2*1-2H3. The summed E-state index contributed by atoms with van der Waals surface area (Å²) >= 11 is 0. The first-order valence-corrected chi connectivity index (χ1v) is 10.7. The second-order valence-electron chi connectivity index (χ2n) is 6.25. The fraction of sp³-hybridized carbons (Fsp3) is 0.480. The monoisotopic (exact) mass is 400 g/mol. The van der Waals surface area contributed by atoms with Crippen molar-refractivity contribution in [2.24, 2.45) is 0 Å². The molecule has 1 saturated heterocycles. The normalized spacial score (nSPS) is 14.0. The molecule has 0 aromatic heterocycles. The molecule has 1 atom stereocenters. The molecule has 0 saturated carbocycles. The average Bonchev–Trinajstić information content (AvgIpc) is 2.75. The van der Waals surface area contributed by atoms with Gasteiger partial charge >= 0.3 is 0 Å². The first kappa shape index (κ1) is 26.8. The summed E-state index contributed by atoms with van der Waals surface area (Å²) in [4.78, 5) is 13.2. The average molecular weight is 401 g/mol. The van der Waals surface area contributed by atoms with Gasteiger partial charge in [0.05, 0.1) is 19.2 Å². The molecule has 1 amide bonds. The molecule has 0 spiro atoms. The number of nitrogens with one attached hydrogen (secondary N) is 1. The maximum Gasteiger partial charge on any atom is 0.236 e. The van der Waals surface area contributed by atoms with Crippen LogP contribution >= 0.6 is 0 Å². The lowest BCUT2D eigenvalue weighted by molar-refractivity contribution is -0.139. The Morgan fingerprint density at radius 1 is 1.03 bits per heavy atom. The van der Waals surface area contributed by atoms with Gasteiger partial charge < -0.3 is 15.0 Å². The lowest BCUT2D eigenvalue weighted by atomic mass is 10.0. The Morgan fingerprint density at radius 2 is 1.66 bits per heavy atom. The minimum absolute atomic E-state index is 0.172. The Bertz CT molecular complexity index is 659. The molecule has 2 aromatic carbocycles. The van der Waals surface area contributed by atoms with Gasteiger partial charge in [-0.2, -0.15) is 0 Å². The van der Waals surface area contributed by atoms with Crippen molar-refractivity contribution in [3.8, 4) is 11.1 Å². The van der Waals surface area contributed by atoms with Gasteiger partial charge in [0.15, 0.2) is 0 Å². The third-order valence-electron chi connectivity index (χ3n) is 4.28. The molecule has 0 aliphatic carbocycles. The fourth-order valence-corrected chi connectivity index (χ4v) is 2.84. The number of nitrogens with zero attached hydrogens (tertiary/aromatic N) is 1. The maximum absolute atomic E-state index is 11.3. The molecule has 1 fully saturated rings. The van der Waals surface area contributed by atoms with E-state index in [9.17, 15) is 4.79 Å². The third kappa shape index (κ3) is 9.73. The predicted molar refractivity (Wildman–Crippen MR) is 125 cm³/mol. The topological polar surface area (TPSA) is 41.6 Å². The molecular weight excluding hydrogens is 360 g/mol. The van der Waals surface area contributed by atoms with Crippen LogP contribution in [0.15, 0.2) is 54.6 Å². The van der Waals surface area contributed by atoms with Crippen LogP contribution in [0.2, 0.25) is 0 Å². The lowest BCUT2D eigenvalue weighted by Crippen LogP contribution is -2.55. The number of ether oxygens (including phenoxy) is 1. The van der Waals surface area contributed by atoms with E-state index in [0.29, 0.717) is 19.2 Å². The van der Waals surface area contributed by atoms with Crippen molar-refractivity contribution < 1.29 is 9.53 Å². The summed E-state index contributed by atoms with van der Waals surface area (Å²) in [7, 11) is 3.45. The van der Waals surface area contributed by atoms with Gasteiger partial charge in [-0.15, -0.1) is 0 Å². The predicted octanol–water partition coefficient (Wildman–Crippen LogP) is 5.17. The molecule has 3 rings (SSSR count). The smallest absolute Gasteiger partial charge is 0.236 e. The number of amides is 1. The van der Waals surface area contributed by atoms with Gasteiger partial charge in [-0.25, -0.2) is 0 Å².